The number of aromatic nitrogens is 2. The Bertz CT molecular complexity index is 661. The first-order valence-electron chi connectivity index (χ1n) is 6.50. The van der Waals surface area contributed by atoms with Crippen molar-refractivity contribution in [3.8, 4) is 5.69 Å². The number of nitrogens with one attached hydrogen (secondary N) is 1. The summed E-state index contributed by atoms with van der Waals surface area (Å²) in [4.78, 5) is 10.2. The molecule has 1 aromatic carbocycles. The zero-order chi connectivity index (χ0) is 15.6. The molecule has 0 spiro atoms. The zero-order valence-corrected chi connectivity index (χ0v) is 12.9. The van der Waals surface area contributed by atoms with Crippen LogP contribution in [-0.4, -0.2) is 20.2 Å². The lowest BCUT2D eigenvalue weighted by molar-refractivity contribution is -0.384. The van der Waals surface area contributed by atoms with Gasteiger partial charge in [-0.2, -0.15) is 5.10 Å². The highest BCUT2D eigenvalue weighted by molar-refractivity contribution is 6.32. The molecule has 1 N–H and O–H groups in total. The first-order chi connectivity index (χ1) is 9.76. The normalized spacial score (nSPS) is 11.6. The summed E-state index contributed by atoms with van der Waals surface area (Å²) in [5.74, 6) is 0. The average Bonchev–Trinajstić information content (AvgIpc) is 2.84. The average molecular weight is 309 g/mol. The summed E-state index contributed by atoms with van der Waals surface area (Å²) >= 11 is 6.09. The highest BCUT2D eigenvalue weighted by atomic mass is 35.5. The van der Waals surface area contributed by atoms with E-state index < -0.39 is 4.92 Å². The fourth-order valence-corrected chi connectivity index (χ4v) is 2.00. The number of nitro groups is 1. The number of halogens is 1. The first-order valence-corrected chi connectivity index (χ1v) is 6.88. The van der Waals surface area contributed by atoms with Gasteiger partial charge in [0.05, 0.1) is 21.3 Å². The number of non-ortho nitro benzene ring substituents is 1. The second-order valence-corrected chi connectivity index (χ2v) is 6.16. The van der Waals surface area contributed by atoms with Gasteiger partial charge in [0.25, 0.3) is 5.69 Å². The van der Waals surface area contributed by atoms with Crippen LogP contribution in [0.5, 0.6) is 0 Å². The minimum Gasteiger partial charge on any atom is -0.306 e. The van der Waals surface area contributed by atoms with Crippen molar-refractivity contribution in [2.45, 2.75) is 32.9 Å². The topological polar surface area (TPSA) is 73.0 Å². The van der Waals surface area contributed by atoms with Crippen molar-refractivity contribution < 1.29 is 4.92 Å². The lowest BCUT2D eigenvalue weighted by Gasteiger charge is -2.19. The van der Waals surface area contributed by atoms with E-state index in [1.807, 2.05) is 6.07 Å². The molecule has 0 unspecified atom stereocenters. The van der Waals surface area contributed by atoms with Gasteiger partial charge in [-0.1, -0.05) is 11.6 Å². The number of hydrogen-bond acceptors (Lipinski definition) is 4. The van der Waals surface area contributed by atoms with Crippen LogP contribution in [0.3, 0.4) is 0 Å². The van der Waals surface area contributed by atoms with Crippen LogP contribution in [0.2, 0.25) is 5.02 Å². The molecule has 1 heterocycles. The van der Waals surface area contributed by atoms with Gasteiger partial charge in [0.2, 0.25) is 0 Å². The molecule has 0 saturated carbocycles. The zero-order valence-electron chi connectivity index (χ0n) is 12.1. The minimum atomic E-state index is -0.475. The van der Waals surface area contributed by atoms with Crippen LogP contribution in [0.15, 0.2) is 30.5 Å². The molecule has 2 rings (SSSR count). The van der Waals surface area contributed by atoms with Crippen molar-refractivity contribution in [3.05, 3.63) is 51.3 Å². The third-order valence-electron chi connectivity index (χ3n) is 2.83. The van der Waals surface area contributed by atoms with Crippen molar-refractivity contribution in [1.82, 2.24) is 15.1 Å². The second kappa shape index (κ2) is 5.83. The maximum atomic E-state index is 10.7. The summed E-state index contributed by atoms with van der Waals surface area (Å²) in [6, 6.07) is 6.21. The molecule has 0 radical (unpaired) electrons. The Morgan fingerprint density at radius 2 is 2.10 bits per heavy atom. The van der Waals surface area contributed by atoms with Crippen molar-refractivity contribution in [2.75, 3.05) is 0 Å². The summed E-state index contributed by atoms with van der Waals surface area (Å²) in [6.07, 6.45) is 1.78. The summed E-state index contributed by atoms with van der Waals surface area (Å²) in [5, 5.41) is 18.8. The molecule has 21 heavy (non-hydrogen) atoms. The number of hydrogen-bond donors (Lipinski definition) is 1. The van der Waals surface area contributed by atoms with Crippen molar-refractivity contribution in [3.63, 3.8) is 0 Å². The third-order valence-corrected chi connectivity index (χ3v) is 3.14. The van der Waals surface area contributed by atoms with Gasteiger partial charge >= 0.3 is 0 Å². The lowest BCUT2D eigenvalue weighted by Crippen LogP contribution is -2.35. The number of nitrogens with zero attached hydrogens (tertiary/aromatic N) is 3. The van der Waals surface area contributed by atoms with Crippen LogP contribution >= 0.6 is 11.6 Å². The number of benzene rings is 1. The van der Waals surface area contributed by atoms with Gasteiger partial charge in [0, 0.05) is 30.4 Å². The Labute approximate surface area is 127 Å². The fourth-order valence-electron chi connectivity index (χ4n) is 1.74. The lowest BCUT2D eigenvalue weighted by atomic mass is 10.1. The molecule has 0 atom stereocenters. The van der Waals surface area contributed by atoms with Crippen molar-refractivity contribution in [2.24, 2.45) is 0 Å². The van der Waals surface area contributed by atoms with E-state index in [2.05, 4.69) is 31.2 Å². The molecular weight excluding hydrogens is 292 g/mol. The van der Waals surface area contributed by atoms with Gasteiger partial charge in [0.1, 0.15) is 0 Å². The molecular formula is C14H17ClN4O2. The van der Waals surface area contributed by atoms with Gasteiger partial charge in [-0.15, -0.1) is 0 Å². The molecule has 0 bridgehead atoms. The monoisotopic (exact) mass is 308 g/mol. The molecule has 0 amide bonds. The van der Waals surface area contributed by atoms with Crippen LogP contribution in [0.25, 0.3) is 5.69 Å². The summed E-state index contributed by atoms with van der Waals surface area (Å²) in [5.41, 5.74) is 1.46. The molecule has 0 aliphatic heterocycles. The predicted octanol–water partition coefficient (Wildman–Crippen LogP) is 3.32. The number of nitro benzene ring substituents is 1. The maximum Gasteiger partial charge on any atom is 0.271 e. The van der Waals surface area contributed by atoms with E-state index in [0.717, 1.165) is 5.69 Å². The van der Waals surface area contributed by atoms with Gasteiger partial charge in [-0.05, 0) is 32.9 Å². The standard InChI is InChI=1S/C14H17ClN4O2/c1-14(2,3)16-9-10-6-7-18(17-10)13-5-4-11(19(20)21)8-12(13)15/h4-8,16H,9H2,1-3H3. The van der Waals surface area contributed by atoms with Crippen LogP contribution in [0.1, 0.15) is 26.5 Å². The van der Waals surface area contributed by atoms with Crippen molar-refractivity contribution in [1.29, 1.82) is 0 Å². The third kappa shape index (κ3) is 4.03. The van der Waals surface area contributed by atoms with Gasteiger partial charge < -0.3 is 5.32 Å². The van der Waals surface area contributed by atoms with E-state index in [0.29, 0.717) is 17.3 Å². The van der Waals surface area contributed by atoms with E-state index in [1.165, 1.54) is 12.1 Å². The molecule has 6 nitrogen and oxygen atoms in total. The first kappa shape index (κ1) is 15.5. The van der Waals surface area contributed by atoms with E-state index in [1.54, 1.807) is 16.9 Å². The van der Waals surface area contributed by atoms with Crippen LogP contribution < -0.4 is 5.32 Å². The van der Waals surface area contributed by atoms with Crippen LogP contribution in [0.4, 0.5) is 5.69 Å². The Hall–Kier alpha value is -1.92. The highest BCUT2D eigenvalue weighted by Crippen LogP contribution is 2.25. The minimum absolute atomic E-state index is 0.00871. The molecule has 0 fully saturated rings. The Balaban J connectivity index is 2.20. The predicted molar refractivity (Wildman–Crippen MR) is 81.8 cm³/mol. The molecule has 0 aliphatic carbocycles. The molecule has 112 valence electrons. The second-order valence-electron chi connectivity index (χ2n) is 5.75. The molecule has 1 aromatic heterocycles. The molecule has 2 aromatic rings. The quantitative estimate of drug-likeness (QED) is 0.694. The van der Waals surface area contributed by atoms with Crippen molar-refractivity contribution >= 4 is 17.3 Å². The molecule has 0 saturated heterocycles. The molecule has 0 aliphatic rings. The van der Waals surface area contributed by atoms with Crippen LogP contribution in [0, 0.1) is 10.1 Å². The van der Waals surface area contributed by atoms with Gasteiger partial charge in [0.15, 0.2) is 0 Å². The summed E-state index contributed by atoms with van der Waals surface area (Å²) in [6.45, 7) is 6.88. The highest BCUT2D eigenvalue weighted by Gasteiger charge is 2.13. The van der Waals surface area contributed by atoms with E-state index in [9.17, 15) is 10.1 Å². The Morgan fingerprint density at radius 1 is 1.38 bits per heavy atom. The summed E-state index contributed by atoms with van der Waals surface area (Å²) in [7, 11) is 0. The fraction of sp³-hybridized carbons (Fsp3) is 0.357. The summed E-state index contributed by atoms with van der Waals surface area (Å²) < 4.78 is 1.62. The Morgan fingerprint density at radius 3 is 2.67 bits per heavy atom. The maximum absolute atomic E-state index is 10.7. The van der Waals surface area contributed by atoms with Gasteiger partial charge in [-0.3, -0.25) is 10.1 Å². The smallest absolute Gasteiger partial charge is 0.271 e. The van der Waals surface area contributed by atoms with E-state index in [-0.39, 0.29) is 11.2 Å². The van der Waals surface area contributed by atoms with Gasteiger partial charge in [-0.25, -0.2) is 4.68 Å². The Kier molecular flexibility index (Phi) is 4.29. The SMILES string of the molecule is CC(C)(C)NCc1ccn(-c2ccc([N+](=O)[O-])cc2Cl)n1. The number of rotatable bonds is 4. The van der Waals surface area contributed by atoms with Crippen LogP contribution in [-0.2, 0) is 6.54 Å². The van der Waals surface area contributed by atoms with E-state index in [4.69, 9.17) is 11.6 Å². The largest absolute Gasteiger partial charge is 0.306 e. The molecule has 7 heteroatoms. The van der Waals surface area contributed by atoms with E-state index >= 15 is 0 Å².